The molecular weight excluding hydrogens is 418 g/mol. The summed E-state index contributed by atoms with van der Waals surface area (Å²) in [5.41, 5.74) is 10.8. The minimum absolute atomic E-state index is 0.0205. The van der Waals surface area contributed by atoms with Gasteiger partial charge in [0, 0.05) is 5.92 Å². The van der Waals surface area contributed by atoms with Crippen LogP contribution >= 0.6 is 0 Å². The maximum absolute atomic E-state index is 13.5. The van der Waals surface area contributed by atoms with E-state index < -0.39 is 0 Å². The standard InChI is InChI=1S/C25H31N5O3/c1-13(2)9-19(24-26-17-7-5-6-8-18(17)27-24)28-25(31)23-16-10-14-11-20(32-3)21(33-4)12-15(14)22(16)29-30-23/h5-8,11-13,16,19,22-23,29-30H,9-10H2,1-4H3,(H,26,27)(H,28,31)/t16?,19-,22?,23?/m1/s1. The first-order valence-electron chi connectivity index (χ1n) is 11.5. The van der Waals surface area contributed by atoms with E-state index in [0.29, 0.717) is 17.4 Å². The van der Waals surface area contributed by atoms with Crippen molar-refractivity contribution in [1.82, 2.24) is 26.1 Å². The van der Waals surface area contributed by atoms with Crippen molar-refractivity contribution in [2.45, 2.75) is 44.8 Å². The molecule has 2 aliphatic rings. The van der Waals surface area contributed by atoms with Crippen molar-refractivity contribution >= 4 is 16.9 Å². The maximum atomic E-state index is 13.5. The highest BCUT2D eigenvalue weighted by molar-refractivity contribution is 5.83. The van der Waals surface area contributed by atoms with Crippen LogP contribution in [0.1, 0.15) is 49.3 Å². The Balaban J connectivity index is 1.36. The highest BCUT2D eigenvalue weighted by Crippen LogP contribution is 2.45. The second-order valence-corrected chi connectivity index (χ2v) is 9.35. The van der Waals surface area contributed by atoms with Gasteiger partial charge in [0.15, 0.2) is 11.5 Å². The minimum atomic E-state index is -0.349. The van der Waals surface area contributed by atoms with E-state index in [9.17, 15) is 4.79 Å². The number of carbonyl (C=O) groups excluding carboxylic acids is 1. The quantitative estimate of drug-likeness (QED) is 0.442. The molecule has 4 atom stereocenters. The summed E-state index contributed by atoms with van der Waals surface area (Å²) in [7, 11) is 3.28. The van der Waals surface area contributed by atoms with Gasteiger partial charge in [-0.1, -0.05) is 26.0 Å². The number of amides is 1. The normalized spacial score (nSPS) is 22.3. The average Bonchev–Trinajstić information content (AvgIpc) is 3.50. The van der Waals surface area contributed by atoms with Crippen molar-refractivity contribution in [3.63, 3.8) is 0 Å². The van der Waals surface area contributed by atoms with Gasteiger partial charge >= 0.3 is 0 Å². The number of aromatic amines is 1. The molecule has 174 valence electrons. The fraction of sp³-hybridized carbons (Fsp3) is 0.440. The molecule has 1 amide bonds. The van der Waals surface area contributed by atoms with Crippen LogP contribution in [-0.2, 0) is 11.2 Å². The lowest BCUT2D eigenvalue weighted by molar-refractivity contribution is -0.124. The summed E-state index contributed by atoms with van der Waals surface area (Å²) in [5.74, 6) is 2.70. The molecule has 1 aromatic heterocycles. The van der Waals surface area contributed by atoms with E-state index in [1.807, 2.05) is 36.4 Å². The molecule has 0 bridgehead atoms. The van der Waals surface area contributed by atoms with Crippen LogP contribution < -0.4 is 25.6 Å². The number of nitrogens with zero attached hydrogens (tertiary/aromatic N) is 1. The largest absolute Gasteiger partial charge is 0.493 e. The first kappa shape index (κ1) is 21.7. The second-order valence-electron chi connectivity index (χ2n) is 9.35. The first-order valence-corrected chi connectivity index (χ1v) is 11.5. The molecule has 2 heterocycles. The predicted molar refractivity (Wildman–Crippen MR) is 126 cm³/mol. The van der Waals surface area contributed by atoms with Crippen molar-refractivity contribution < 1.29 is 14.3 Å². The molecule has 2 aromatic carbocycles. The number of fused-ring (bicyclic) bond motifs is 4. The molecule has 3 aromatic rings. The van der Waals surface area contributed by atoms with Gasteiger partial charge < -0.3 is 19.8 Å². The summed E-state index contributed by atoms with van der Waals surface area (Å²) in [4.78, 5) is 21.6. The van der Waals surface area contributed by atoms with Gasteiger partial charge in [0.25, 0.3) is 0 Å². The Bertz CT molecular complexity index is 1140. The third-order valence-corrected chi connectivity index (χ3v) is 6.73. The number of methoxy groups -OCH3 is 2. The number of benzene rings is 2. The Labute approximate surface area is 193 Å². The summed E-state index contributed by atoms with van der Waals surface area (Å²) < 4.78 is 11.0. The van der Waals surface area contributed by atoms with Crippen LogP contribution in [0.25, 0.3) is 11.0 Å². The van der Waals surface area contributed by atoms with Crippen molar-refractivity contribution in [2.24, 2.45) is 11.8 Å². The Hall–Kier alpha value is -3.10. The van der Waals surface area contributed by atoms with Crippen molar-refractivity contribution in [3.05, 3.63) is 53.3 Å². The third kappa shape index (κ3) is 3.94. The molecule has 1 saturated heterocycles. The number of H-pyrrole nitrogens is 1. The molecule has 1 fully saturated rings. The summed E-state index contributed by atoms with van der Waals surface area (Å²) in [5, 5.41) is 3.27. The number of hydrazine groups is 1. The van der Waals surface area contributed by atoms with E-state index in [1.54, 1.807) is 14.2 Å². The monoisotopic (exact) mass is 449 g/mol. The van der Waals surface area contributed by atoms with Gasteiger partial charge in [-0.05, 0) is 54.2 Å². The smallest absolute Gasteiger partial charge is 0.239 e. The number of imidazole rings is 1. The van der Waals surface area contributed by atoms with Crippen LogP contribution in [0.2, 0.25) is 0 Å². The van der Waals surface area contributed by atoms with Crippen LogP contribution in [0.3, 0.4) is 0 Å². The van der Waals surface area contributed by atoms with Crippen molar-refractivity contribution in [2.75, 3.05) is 14.2 Å². The van der Waals surface area contributed by atoms with Crippen LogP contribution in [0.15, 0.2) is 36.4 Å². The van der Waals surface area contributed by atoms with E-state index in [2.05, 4.69) is 35.0 Å². The molecule has 1 aliphatic carbocycles. The molecule has 8 heteroatoms. The van der Waals surface area contributed by atoms with Crippen molar-refractivity contribution in [1.29, 1.82) is 0 Å². The van der Waals surface area contributed by atoms with E-state index in [-0.39, 0.29) is 30.0 Å². The van der Waals surface area contributed by atoms with Gasteiger partial charge in [0.1, 0.15) is 11.9 Å². The minimum Gasteiger partial charge on any atom is -0.493 e. The Morgan fingerprint density at radius 3 is 2.64 bits per heavy atom. The number of nitrogens with one attached hydrogen (secondary N) is 4. The summed E-state index contributed by atoms with van der Waals surface area (Å²) in [6.45, 7) is 4.31. The molecule has 4 N–H and O–H groups in total. The molecule has 0 saturated carbocycles. The SMILES string of the molecule is COc1cc2c(cc1OC)C1NNC(C(=O)N[C@H](CC(C)C)c3nc4ccccc4[nH]3)C1C2. The highest BCUT2D eigenvalue weighted by atomic mass is 16.5. The molecule has 1 aliphatic heterocycles. The van der Waals surface area contributed by atoms with E-state index in [0.717, 1.165) is 35.3 Å². The number of rotatable bonds is 7. The Morgan fingerprint density at radius 1 is 1.15 bits per heavy atom. The first-order chi connectivity index (χ1) is 16.0. The van der Waals surface area contributed by atoms with Crippen LogP contribution in [0.5, 0.6) is 11.5 Å². The summed E-state index contributed by atoms with van der Waals surface area (Å²) in [6.07, 6.45) is 1.59. The Morgan fingerprint density at radius 2 is 1.91 bits per heavy atom. The number of aromatic nitrogens is 2. The lowest BCUT2D eigenvalue weighted by atomic mass is 9.94. The molecular formula is C25H31N5O3. The van der Waals surface area contributed by atoms with Crippen LogP contribution in [0, 0.1) is 11.8 Å². The molecule has 3 unspecified atom stereocenters. The van der Waals surface area contributed by atoms with E-state index >= 15 is 0 Å². The molecule has 0 spiro atoms. The molecule has 0 radical (unpaired) electrons. The number of carbonyl (C=O) groups is 1. The van der Waals surface area contributed by atoms with Crippen molar-refractivity contribution in [3.8, 4) is 11.5 Å². The number of hydrogen-bond donors (Lipinski definition) is 4. The highest BCUT2D eigenvalue weighted by Gasteiger charge is 2.46. The van der Waals surface area contributed by atoms with Gasteiger partial charge in [0.05, 0.1) is 37.3 Å². The third-order valence-electron chi connectivity index (χ3n) is 6.73. The zero-order chi connectivity index (χ0) is 23.1. The second kappa shape index (κ2) is 8.68. The van der Waals surface area contributed by atoms with Gasteiger partial charge in [-0.3, -0.25) is 4.79 Å². The average molecular weight is 450 g/mol. The van der Waals surface area contributed by atoms with E-state index in [1.165, 1.54) is 5.56 Å². The summed E-state index contributed by atoms with van der Waals surface area (Å²) in [6, 6.07) is 11.5. The summed E-state index contributed by atoms with van der Waals surface area (Å²) >= 11 is 0. The van der Waals surface area contributed by atoms with Gasteiger partial charge in [-0.25, -0.2) is 15.8 Å². The molecule has 33 heavy (non-hydrogen) atoms. The lowest BCUT2D eigenvalue weighted by Crippen LogP contribution is -2.47. The van der Waals surface area contributed by atoms with Crippen LogP contribution in [0.4, 0.5) is 0 Å². The lowest BCUT2D eigenvalue weighted by Gasteiger charge is -2.23. The zero-order valence-electron chi connectivity index (χ0n) is 19.4. The maximum Gasteiger partial charge on any atom is 0.239 e. The molecule has 5 rings (SSSR count). The zero-order valence-corrected chi connectivity index (χ0v) is 19.4. The number of hydrogen-bond acceptors (Lipinski definition) is 6. The topological polar surface area (TPSA) is 100 Å². The number of ether oxygens (including phenoxy) is 2. The van der Waals surface area contributed by atoms with E-state index in [4.69, 9.17) is 14.5 Å². The fourth-order valence-electron chi connectivity index (χ4n) is 5.16. The van der Waals surface area contributed by atoms with Gasteiger partial charge in [-0.2, -0.15) is 0 Å². The predicted octanol–water partition coefficient (Wildman–Crippen LogP) is 3.17. The number of para-hydroxylation sites is 2. The van der Waals surface area contributed by atoms with Gasteiger partial charge in [-0.15, -0.1) is 0 Å². The van der Waals surface area contributed by atoms with Gasteiger partial charge in [0.2, 0.25) is 5.91 Å². The fourth-order valence-corrected chi connectivity index (χ4v) is 5.16. The van der Waals surface area contributed by atoms with Crippen LogP contribution in [-0.4, -0.2) is 36.1 Å². The molecule has 8 nitrogen and oxygen atoms in total. The Kier molecular flexibility index (Phi) is 5.72.